The van der Waals surface area contributed by atoms with Crippen LogP contribution in [0.5, 0.6) is 5.75 Å². The van der Waals surface area contributed by atoms with Crippen LogP contribution in [0.2, 0.25) is 0 Å². The summed E-state index contributed by atoms with van der Waals surface area (Å²) in [6.07, 6.45) is 2.28. The van der Waals surface area contributed by atoms with Crippen molar-refractivity contribution in [2.45, 2.75) is 6.61 Å². The first-order valence-corrected chi connectivity index (χ1v) is 7.23. The lowest BCUT2D eigenvalue weighted by Crippen LogP contribution is -1.95. The molecule has 0 saturated carbocycles. The number of hydrogen-bond acceptors (Lipinski definition) is 3. The first-order chi connectivity index (χ1) is 9.54. The van der Waals surface area contributed by atoms with E-state index >= 15 is 0 Å². The second-order valence-electron chi connectivity index (χ2n) is 3.86. The molecule has 0 atom stereocenters. The summed E-state index contributed by atoms with van der Waals surface area (Å²) in [4.78, 5) is 11.4. The van der Waals surface area contributed by atoms with Crippen LogP contribution in [-0.4, -0.2) is 11.1 Å². The van der Waals surface area contributed by atoms with Gasteiger partial charge in [-0.05, 0) is 51.8 Å². The monoisotopic (exact) mass is 356 g/mol. The third-order valence-corrected chi connectivity index (χ3v) is 3.97. The van der Waals surface area contributed by atoms with Crippen LogP contribution in [0.3, 0.4) is 0 Å². The molecule has 0 saturated heterocycles. The largest absolute Gasteiger partial charge is 0.485 e. The summed E-state index contributed by atoms with van der Waals surface area (Å²) in [5.74, 6) is -1.45. The highest BCUT2D eigenvalue weighted by Gasteiger charge is 2.05. The molecule has 0 aliphatic heterocycles. The molecule has 1 aromatic heterocycles. The Kier molecular flexibility index (Phi) is 4.92. The number of thiophene rings is 1. The van der Waals surface area contributed by atoms with Gasteiger partial charge >= 0.3 is 5.97 Å². The van der Waals surface area contributed by atoms with Gasteiger partial charge in [-0.1, -0.05) is 6.07 Å². The highest BCUT2D eigenvalue weighted by atomic mass is 79.9. The molecule has 2 rings (SSSR count). The highest BCUT2D eigenvalue weighted by Crippen LogP contribution is 2.25. The van der Waals surface area contributed by atoms with E-state index in [1.54, 1.807) is 6.07 Å². The third kappa shape index (κ3) is 4.18. The van der Waals surface area contributed by atoms with Crippen LogP contribution in [-0.2, 0) is 11.4 Å². The summed E-state index contributed by atoms with van der Waals surface area (Å²) in [5, 5.41) is 8.50. The SMILES string of the molecule is O=C(O)/C=C/c1ccc(OCc2ccc(Br)s2)c(F)c1. The maximum absolute atomic E-state index is 13.8. The lowest BCUT2D eigenvalue weighted by molar-refractivity contribution is -0.131. The van der Waals surface area contributed by atoms with Gasteiger partial charge in [0.15, 0.2) is 11.6 Å². The van der Waals surface area contributed by atoms with Gasteiger partial charge in [-0.25, -0.2) is 9.18 Å². The van der Waals surface area contributed by atoms with Crippen LogP contribution < -0.4 is 4.74 Å². The fourth-order valence-corrected chi connectivity index (χ4v) is 2.88. The Morgan fingerprint density at radius 3 is 2.80 bits per heavy atom. The molecule has 0 aliphatic rings. The zero-order valence-electron chi connectivity index (χ0n) is 10.2. The Labute approximate surface area is 127 Å². The summed E-state index contributed by atoms with van der Waals surface area (Å²) in [7, 11) is 0. The van der Waals surface area contributed by atoms with Crippen molar-refractivity contribution in [1.82, 2.24) is 0 Å². The van der Waals surface area contributed by atoms with Crippen LogP contribution in [0.15, 0.2) is 40.2 Å². The zero-order chi connectivity index (χ0) is 14.5. The molecule has 6 heteroatoms. The highest BCUT2D eigenvalue weighted by molar-refractivity contribution is 9.11. The molecule has 1 aromatic carbocycles. The van der Waals surface area contributed by atoms with Gasteiger partial charge < -0.3 is 9.84 Å². The van der Waals surface area contributed by atoms with Crippen molar-refractivity contribution in [1.29, 1.82) is 0 Å². The lowest BCUT2D eigenvalue weighted by Gasteiger charge is -2.06. The van der Waals surface area contributed by atoms with E-state index in [0.717, 1.165) is 14.7 Å². The van der Waals surface area contributed by atoms with E-state index in [2.05, 4.69) is 15.9 Å². The smallest absolute Gasteiger partial charge is 0.328 e. The molecule has 0 amide bonds. The third-order valence-electron chi connectivity index (χ3n) is 2.37. The number of halogens is 2. The van der Waals surface area contributed by atoms with Gasteiger partial charge in [-0.3, -0.25) is 0 Å². The topological polar surface area (TPSA) is 46.5 Å². The standard InChI is InChI=1S/C14H10BrFO3S/c15-13-5-3-10(20-13)8-19-12-4-1-9(7-11(12)16)2-6-14(17)18/h1-7H,8H2,(H,17,18)/b6-2+. The second kappa shape index (κ2) is 6.67. The van der Waals surface area contributed by atoms with Crippen LogP contribution in [0.4, 0.5) is 4.39 Å². The van der Waals surface area contributed by atoms with Crippen molar-refractivity contribution in [3.63, 3.8) is 0 Å². The summed E-state index contributed by atoms with van der Waals surface area (Å²) < 4.78 is 20.2. The molecular weight excluding hydrogens is 347 g/mol. The van der Waals surface area contributed by atoms with Crippen molar-refractivity contribution >= 4 is 39.3 Å². The summed E-state index contributed by atoms with van der Waals surface area (Å²) in [6.45, 7) is 0.289. The number of carbonyl (C=O) groups is 1. The molecule has 0 bridgehead atoms. The van der Waals surface area contributed by atoms with Crippen molar-refractivity contribution in [2.24, 2.45) is 0 Å². The quantitative estimate of drug-likeness (QED) is 0.811. The van der Waals surface area contributed by atoms with E-state index in [4.69, 9.17) is 9.84 Å². The number of rotatable bonds is 5. The van der Waals surface area contributed by atoms with E-state index in [9.17, 15) is 9.18 Å². The molecule has 0 aliphatic carbocycles. The molecule has 20 heavy (non-hydrogen) atoms. The normalized spacial score (nSPS) is 10.9. The molecule has 3 nitrogen and oxygen atoms in total. The predicted molar refractivity (Wildman–Crippen MR) is 79.4 cm³/mol. The van der Waals surface area contributed by atoms with Gasteiger partial charge in [-0.15, -0.1) is 11.3 Å². The first kappa shape index (κ1) is 14.7. The molecule has 1 N–H and O–H groups in total. The van der Waals surface area contributed by atoms with E-state index in [0.29, 0.717) is 5.56 Å². The molecule has 2 aromatic rings. The minimum atomic E-state index is -1.07. The minimum absolute atomic E-state index is 0.141. The van der Waals surface area contributed by atoms with Crippen LogP contribution in [0.1, 0.15) is 10.4 Å². The number of carboxylic acids is 1. The second-order valence-corrected chi connectivity index (χ2v) is 6.40. The summed E-state index contributed by atoms with van der Waals surface area (Å²) >= 11 is 4.86. The van der Waals surface area contributed by atoms with Gasteiger partial charge in [0.25, 0.3) is 0 Å². The van der Waals surface area contributed by atoms with Gasteiger partial charge in [0.1, 0.15) is 6.61 Å². The number of ether oxygens (including phenoxy) is 1. The Hall–Kier alpha value is -1.66. The number of aliphatic carboxylic acids is 1. The Balaban J connectivity index is 2.04. The Bertz CT molecular complexity index is 652. The zero-order valence-corrected chi connectivity index (χ0v) is 12.6. The van der Waals surface area contributed by atoms with Crippen molar-refractivity contribution in [2.75, 3.05) is 0 Å². The van der Waals surface area contributed by atoms with Crippen molar-refractivity contribution in [3.05, 3.63) is 56.5 Å². The minimum Gasteiger partial charge on any atom is -0.485 e. The Morgan fingerprint density at radius 1 is 1.40 bits per heavy atom. The van der Waals surface area contributed by atoms with Crippen LogP contribution in [0, 0.1) is 5.82 Å². The van der Waals surface area contributed by atoms with E-state index in [1.165, 1.54) is 29.5 Å². The van der Waals surface area contributed by atoms with Crippen LogP contribution >= 0.6 is 27.3 Å². The maximum Gasteiger partial charge on any atom is 0.328 e. The van der Waals surface area contributed by atoms with Crippen molar-refractivity contribution in [3.8, 4) is 5.75 Å². The number of benzene rings is 1. The van der Waals surface area contributed by atoms with Gasteiger partial charge in [0, 0.05) is 11.0 Å². The summed E-state index contributed by atoms with van der Waals surface area (Å²) in [5.41, 5.74) is 0.469. The first-order valence-electron chi connectivity index (χ1n) is 5.62. The molecule has 0 unspecified atom stereocenters. The molecule has 1 heterocycles. The number of hydrogen-bond donors (Lipinski definition) is 1. The molecular formula is C14H10BrFO3S. The molecule has 0 fully saturated rings. The van der Waals surface area contributed by atoms with Crippen LogP contribution in [0.25, 0.3) is 6.08 Å². The molecule has 0 radical (unpaired) electrons. The lowest BCUT2D eigenvalue weighted by atomic mass is 10.2. The fraction of sp³-hybridized carbons (Fsp3) is 0.0714. The molecule has 0 spiro atoms. The summed E-state index contributed by atoms with van der Waals surface area (Å²) in [6, 6.07) is 8.12. The van der Waals surface area contributed by atoms with Gasteiger partial charge in [-0.2, -0.15) is 0 Å². The molecule has 104 valence electrons. The number of carboxylic acid groups (broad SMARTS) is 1. The fourth-order valence-electron chi connectivity index (χ4n) is 1.48. The average Bonchev–Trinajstić information content (AvgIpc) is 2.81. The van der Waals surface area contributed by atoms with E-state index in [1.807, 2.05) is 12.1 Å². The van der Waals surface area contributed by atoms with E-state index < -0.39 is 11.8 Å². The maximum atomic E-state index is 13.8. The average molecular weight is 357 g/mol. The predicted octanol–water partition coefficient (Wildman–Crippen LogP) is 4.33. The van der Waals surface area contributed by atoms with Gasteiger partial charge in [0.05, 0.1) is 3.79 Å². The Morgan fingerprint density at radius 2 is 2.20 bits per heavy atom. The van der Waals surface area contributed by atoms with E-state index in [-0.39, 0.29) is 12.4 Å². The van der Waals surface area contributed by atoms with Gasteiger partial charge in [0.2, 0.25) is 0 Å². The van der Waals surface area contributed by atoms with Crippen molar-refractivity contribution < 1.29 is 19.0 Å².